The number of benzene rings is 2. The van der Waals surface area contributed by atoms with Gasteiger partial charge in [-0.1, -0.05) is 48.5 Å². The van der Waals surface area contributed by atoms with Gasteiger partial charge in [-0.25, -0.2) is 4.98 Å². The van der Waals surface area contributed by atoms with Crippen LogP contribution in [0.25, 0.3) is 11.1 Å². The van der Waals surface area contributed by atoms with Crippen molar-refractivity contribution in [2.24, 2.45) is 0 Å². The van der Waals surface area contributed by atoms with Crippen LogP contribution in [0.4, 0.5) is 0 Å². The van der Waals surface area contributed by atoms with Crippen LogP contribution in [0.2, 0.25) is 0 Å². The Hall–Kier alpha value is -3.55. The fraction of sp³-hybridized carbons (Fsp3) is 0.344. The van der Waals surface area contributed by atoms with Gasteiger partial charge in [0.1, 0.15) is 5.82 Å². The van der Waals surface area contributed by atoms with Crippen LogP contribution >= 0.6 is 11.3 Å². The van der Waals surface area contributed by atoms with Crippen LogP contribution in [0.1, 0.15) is 77.2 Å². The minimum absolute atomic E-state index is 0.156. The highest BCUT2D eigenvalue weighted by Gasteiger charge is 2.49. The highest BCUT2D eigenvalue weighted by atomic mass is 32.1. The first-order valence-electron chi connectivity index (χ1n) is 13.9. The first-order chi connectivity index (χ1) is 19.0. The molecule has 1 atom stereocenters. The average Bonchev–Trinajstić information content (AvgIpc) is 3.90. The van der Waals surface area contributed by atoms with Crippen LogP contribution < -0.4 is 5.56 Å². The van der Waals surface area contributed by atoms with Crippen LogP contribution in [-0.2, 0) is 23.2 Å². The van der Waals surface area contributed by atoms with E-state index in [-0.39, 0.29) is 23.4 Å². The summed E-state index contributed by atoms with van der Waals surface area (Å²) >= 11 is 1.70. The first-order valence-corrected chi connectivity index (χ1v) is 14.7. The number of aryl methyl sites for hydroxylation is 1. The predicted molar refractivity (Wildman–Crippen MR) is 152 cm³/mol. The lowest BCUT2D eigenvalue weighted by Gasteiger charge is -2.24. The van der Waals surface area contributed by atoms with E-state index < -0.39 is 6.10 Å². The Labute approximate surface area is 231 Å². The van der Waals surface area contributed by atoms with Gasteiger partial charge in [0.25, 0.3) is 11.5 Å². The van der Waals surface area contributed by atoms with Gasteiger partial charge >= 0.3 is 0 Å². The molecule has 2 N–H and O–H groups in total. The molecule has 0 spiro atoms. The van der Waals surface area contributed by atoms with Crippen molar-refractivity contribution in [1.82, 2.24) is 14.9 Å². The number of rotatable bonds is 6. The van der Waals surface area contributed by atoms with Crippen LogP contribution in [0, 0.1) is 0 Å². The zero-order valence-corrected chi connectivity index (χ0v) is 22.5. The molecule has 1 amide bonds. The predicted octanol–water partition coefficient (Wildman–Crippen LogP) is 5.46. The van der Waals surface area contributed by atoms with E-state index in [0.717, 1.165) is 35.5 Å². The number of carbonyl (C=O) groups is 1. The van der Waals surface area contributed by atoms with E-state index in [1.165, 1.54) is 23.3 Å². The molecule has 3 aliphatic rings. The Morgan fingerprint density at radius 1 is 1.08 bits per heavy atom. The summed E-state index contributed by atoms with van der Waals surface area (Å²) in [7, 11) is 0. The minimum Gasteiger partial charge on any atom is -0.378 e. The Morgan fingerprint density at radius 3 is 2.62 bits per heavy atom. The summed E-state index contributed by atoms with van der Waals surface area (Å²) in [5, 5.41) is 13.2. The molecule has 198 valence electrons. The van der Waals surface area contributed by atoms with Gasteiger partial charge in [-0.05, 0) is 84.2 Å². The number of carbonyl (C=O) groups excluding carboxylic acids is 1. The Kier molecular flexibility index (Phi) is 6.01. The van der Waals surface area contributed by atoms with Gasteiger partial charge in [-0.15, -0.1) is 11.3 Å². The second-order valence-corrected chi connectivity index (χ2v) is 12.1. The lowest BCUT2D eigenvalue weighted by Crippen LogP contribution is -2.36. The van der Waals surface area contributed by atoms with Crippen molar-refractivity contribution in [3.8, 4) is 11.1 Å². The molecule has 2 saturated carbocycles. The number of aliphatic hydroxyl groups is 1. The monoisotopic (exact) mass is 537 g/mol. The highest BCUT2D eigenvalue weighted by Crippen LogP contribution is 2.53. The van der Waals surface area contributed by atoms with Gasteiger partial charge in [0.2, 0.25) is 0 Å². The van der Waals surface area contributed by atoms with Gasteiger partial charge in [0, 0.05) is 11.4 Å². The molecule has 2 aromatic carbocycles. The van der Waals surface area contributed by atoms with Gasteiger partial charge in [0.15, 0.2) is 6.10 Å². The molecule has 4 aromatic rings. The van der Waals surface area contributed by atoms with Crippen molar-refractivity contribution >= 4 is 17.2 Å². The largest absolute Gasteiger partial charge is 0.378 e. The quantitative estimate of drug-likeness (QED) is 0.342. The van der Waals surface area contributed by atoms with Gasteiger partial charge < -0.3 is 15.0 Å². The summed E-state index contributed by atoms with van der Waals surface area (Å²) in [6, 6.07) is 20.3. The number of hydrogen-bond acceptors (Lipinski definition) is 5. The second kappa shape index (κ2) is 9.57. The molecular weight excluding hydrogens is 506 g/mol. The summed E-state index contributed by atoms with van der Waals surface area (Å²) in [6.45, 7) is 0.628. The smallest absolute Gasteiger partial charge is 0.256 e. The number of nitrogens with zero attached hydrogens (tertiary/aromatic N) is 2. The average molecular weight is 538 g/mol. The van der Waals surface area contributed by atoms with Crippen molar-refractivity contribution in [3.05, 3.63) is 109 Å². The molecule has 3 heterocycles. The number of amides is 1. The lowest BCUT2D eigenvalue weighted by atomic mass is 9.97. The van der Waals surface area contributed by atoms with E-state index in [1.807, 2.05) is 24.3 Å². The molecule has 6 nitrogen and oxygen atoms in total. The third-order valence-corrected chi connectivity index (χ3v) is 9.58. The fourth-order valence-electron chi connectivity index (χ4n) is 5.90. The zero-order valence-electron chi connectivity index (χ0n) is 21.7. The second-order valence-electron chi connectivity index (χ2n) is 11.2. The number of aromatic nitrogens is 2. The van der Waals surface area contributed by atoms with E-state index in [4.69, 9.17) is 4.98 Å². The minimum atomic E-state index is -1.29. The van der Waals surface area contributed by atoms with Gasteiger partial charge in [0.05, 0.1) is 23.2 Å². The molecule has 0 radical (unpaired) electrons. The first kappa shape index (κ1) is 24.5. The van der Waals surface area contributed by atoms with Gasteiger partial charge in [-0.3, -0.25) is 9.59 Å². The van der Waals surface area contributed by atoms with E-state index in [2.05, 4.69) is 40.7 Å². The maximum absolute atomic E-state index is 13.5. The Bertz CT molecular complexity index is 1600. The third-order valence-electron chi connectivity index (χ3n) is 8.50. The van der Waals surface area contributed by atoms with E-state index >= 15 is 0 Å². The molecular formula is C32H31N3O3S. The third kappa shape index (κ3) is 4.53. The molecule has 0 saturated heterocycles. The number of thiophene rings is 1. The van der Waals surface area contributed by atoms with Crippen LogP contribution in [0.3, 0.4) is 0 Å². The van der Waals surface area contributed by atoms with Crippen molar-refractivity contribution in [2.45, 2.75) is 62.5 Å². The van der Waals surface area contributed by atoms with Gasteiger partial charge in [-0.2, -0.15) is 0 Å². The molecule has 2 aliphatic carbocycles. The zero-order chi connectivity index (χ0) is 26.6. The van der Waals surface area contributed by atoms with Crippen molar-refractivity contribution < 1.29 is 9.90 Å². The Balaban J connectivity index is 1.12. The SMILES string of the molecule is O=C([C@H](O)c1cccc(-c2cccc(C3CC3)c2)c1)N1CCCc2nc(C3(c4cccs4)CC3)[nH]c(=O)c2C1. The lowest BCUT2D eigenvalue weighted by molar-refractivity contribution is -0.141. The number of aromatic amines is 1. The number of fused-ring (bicyclic) bond motifs is 1. The van der Waals surface area contributed by atoms with E-state index in [9.17, 15) is 14.7 Å². The molecule has 2 aromatic heterocycles. The van der Waals surface area contributed by atoms with Crippen molar-refractivity contribution in [3.63, 3.8) is 0 Å². The summed E-state index contributed by atoms with van der Waals surface area (Å²) in [5.41, 5.74) is 4.94. The Morgan fingerprint density at radius 2 is 1.87 bits per heavy atom. The van der Waals surface area contributed by atoms with Crippen molar-refractivity contribution in [1.29, 1.82) is 0 Å². The number of H-pyrrole nitrogens is 1. The summed E-state index contributed by atoms with van der Waals surface area (Å²) in [5.74, 6) is 1.02. The normalized spacial score (nSPS) is 18.7. The standard InChI is InChI=1S/C32H31N3O3S/c36-28(24-8-2-7-23(18-24)22-6-1-5-21(17-22)20-11-12-20)30(38)35-15-3-9-26-25(19-35)29(37)34-31(33-26)32(13-14-32)27-10-4-16-39-27/h1-2,4-8,10,16-18,20,28,36H,3,9,11-15,19H2,(H,33,34,37)/t28-/m1/s1. The summed E-state index contributed by atoms with van der Waals surface area (Å²) in [4.78, 5) is 37.6. The molecule has 0 unspecified atom stereocenters. The highest BCUT2D eigenvalue weighted by molar-refractivity contribution is 7.10. The van der Waals surface area contributed by atoms with Crippen molar-refractivity contribution in [2.75, 3.05) is 6.54 Å². The van der Waals surface area contributed by atoms with Crippen LogP contribution in [0.5, 0.6) is 0 Å². The maximum atomic E-state index is 13.5. The van der Waals surface area contributed by atoms with E-state index in [1.54, 1.807) is 22.3 Å². The molecule has 7 heteroatoms. The molecule has 0 bridgehead atoms. The fourth-order valence-corrected chi connectivity index (χ4v) is 6.89. The van der Waals surface area contributed by atoms with Crippen LogP contribution in [0.15, 0.2) is 70.8 Å². The molecule has 7 rings (SSSR count). The number of nitrogens with one attached hydrogen (secondary N) is 1. The topological polar surface area (TPSA) is 86.3 Å². The number of aliphatic hydroxyl groups excluding tert-OH is 1. The molecule has 39 heavy (non-hydrogen) atoms. The van der Waals surface area contributed by atoms with E-state index in [0.29, 0.717) is 36.4 Å². The van der Waals surface area contributed by atoms with Crippen LogP contribution in [-0.4, -0.2) is 32.4 Å². The molecule has 1 aliphatic heterocycles. The molecule has 2 fully saturated rings. The number of hydrogen-bond donors (Lipinski definition) is 2. The maximum Gasteiger partial charge on any atom is 0.256 e. The summed E-state index contributed by atoms with van der Waals surface area (Å²) in [6.07, 6.45) is 4.49. The summed E-state index contributed by atoms with van der Waals surface area (Å²) < 4.78 is 0.